The lowest BCUT2D eigenvalue weighted by Crippen LogP contribution is -2.50. The molecule has 0 aliphatic carbocycles. The Morgan fingerprint density at radius 2 is 1.76 bits per heavy atom. The predicted octanol–water partition coefficient (Wildman–Crippen LogP) is 2.82. The molecule has 2 amide bonds. The monoisotopic (exact) mass is 304 g/mol. The molecule has 0 fully saturated rings. The average Bonchev–Trinajstić information content (AvgIpc) is 2.35. The highest BCUT2D eigenvalue weighted by atomic mass is 19.2. The van der Waals surface area contributed by atoms with Crippen molar-refractivity contribution in [3.05, 3.63) is 29.6 Å². The van der Waals surface area contributed by atoms with Gasteiger partial charge < -0.3 is 15.3 Å². The fraction of sp³-hybridized carbons (Fsp3) is 0.385. The van der Waals surface area contributed by atoms with Gasteiger partial charge in [0.15, 0.2) is 17.5 Å². The standard InChI is InChI=1S/C13H15F3N2O3/c1-13(2,3)18(6-9(19)20)12(21)17-8-5-4-7(14)10(15)11(8)16/h4-5H,6H2,1-3H3,(H,17,21)(H,19,20). The van der Waals surface area contributed by atoms with Crippen LogP contribution in [0.4, 0.5) is 23.7 Å². The molecule has 0 spiro atoms. The van der Waals surface area contributed by atoms with Gasteiger partial charge in [0.05, 0.1) is 5.69 Å². The number of benzene rings is 1. The smallest absolute Gasteiger partial charge is 0.323 e. The minimum Gasteiger partial charge on any atom is -0.480 e. The molecule has 5 nitrogen and oxygen atoms in total. The fourth-order valence-electron chi connectivity index (χ4n) is 1.55. The molecule has 2 N–H and O–H groups in total. The lowest BCUT2D eigenvalue weighted by Gasteiger charge is -2.34. The molecular formula is C13H15F3N2O3. The van der Waals surface area contributed by atoms with Gasteiger partial charge in [0.2, 0.25) is 0 Å². The number of carbonyl (C=O) groups excluding carboxylic acids is 1. The number of amides is 2. The molecule has 0 saturated carbocycles. The summed E-state index contributed by atoms with van der Waals surface area (Å²) in [6.45, 7) is 4.12. The molecule has 1 rings (SSSR count). The molecule has 116 valence electrons. The highest BCUT2D eigenvalue weighted by molar-refractivity contribution is 5.92. The van der Waals surface area contributed by atoms with Crippen LogP contribution in [0.1, 0.15) is 20.8 Å². The zero-order chi connectivity index (χ0) is 16.4. The summed E-state index contributed by atoms with van der Waals surface area (Å²) in [5.74, 6) is -5.91. The molecule has 0 atom stereocenters. The van der Waals surface area contributed by atoms with Gasteiger partial charge in [-0.2, -0.15) is 0 Å². The molecular weight excluding hydrogens is 289 g/mol. The Bertz CT molecular complexity index is 571. The van der Waals surface area contributed by atoms with E-state index in [1.54, 1.807) is 20.8 Å². The van der Waals surface area contributed by atoms with Crippen LogP contribution in [0.3, 0.4) is 0 Å². The second-order valence-corrected chi connectivity index (χ2v) is 5.30. The van der Waals surface area contributed by atoms with E-state index in [1.807, 2.05) is 5.32 Å². The van der Waals surface area contributed by atoms with E-state index < -0.39 is 47.2 Å². The lowest BCUT2D eigenvalue weighted by molar-refractivity contribution is -0.138. The second-order valence-electron chi connectivity index (χ2n) is 5.30. The van der Waals surface area contributed by atoms with Crippen molar-refractivity contribution >= 4 is 17.7 Å². The second kappa shape index (κ2) is 6.02. The number of carboxylic acids is 1. The summed E-state index contributed by atoms with van der Waals surface area (Å²) in [5.41, 5.74) is -1.43. The quantitative estimate of drug-likeness (QED) is 0.844. The van der Waals surface area contributed by atoms with E-state index in [-0.39, 0.29) is 0 Å². The normalized spacial score (nSPS) is 11.1. The van der Waals surface area contributed by atoms with Gasteiger partial charge in [-0.05, 0) is 32.9 Å². The molecule has 0 aromatic heterocycles. The number of carboxylic acid groups (broad SMARTS) is 1. The van der Waals surface area contributed by atoms with E-state index in [9.17, 15) is 22.8 Å². The van der Waals surface area contributed by atoms with Crippen molar-refractivity contribution in [2.75, 3.05) is 11.9 Å². The average molecular weight is 304 g/mol. The van der Waals surface area contributed by atoms with Crippen LogP contribution >= 0.6 is 0 Å². The number of halogens is 3. The molecule has 1 aromatic carbocycles. The van der Waals surface area contributed by atoms with Crippen molar-refractivity contribution in [3.63, 3.8) is 0 Å². The van der Waals surface area contributed by atoms with E-state index in [0.717, 1.165) is 11.0 Å². The summed E-state index contributed by atoms with van der Waals surface area (Å²) in [6.07, 6.45) is 0. The zero-order valence-electron chi connectivity index (χ0n) is 11.7. The van der Waals surface area contributed by atoms with Crippen molar-refractivity contribution in [1.29, 1.82) is 0 Å². The summed E-state index contributed by atoms with van der Waals surface area (Å²) in [6, 6.07) is 0.578. The minimum absolute atomic E-state index is 0.571. The number of rotatable bonds is 3. The third-order valence-electron chi connectivity index (χ3n) is 2.63. The van der Waals surface area contributed by atoms with E-state index in [4.69, 9.17) is 5.11 Å². The molecule has 0 bridgehead atoms. The van der Waals surface area contributed by atoms with Gasteiger partial charge in [0, 0.05) is 5.54 Å². The van der Waals surface area contributed by atoms with Crippen LogP contribution in [0.5, 0.6) is 0 Å². The van der Waals surface area contributed by atoms with Gasteiger partial charge in [-0.1, -0.05) is 0 Å². The number of hydrogen-bond donors (Lipinski definition) is 2. The van der Waals surface area contributed by atoms with Crippen molar-refractivity contribution in [2.45, 2.75) is 26.3 Å². The predicted molar refractivity (Wildman–Crippen MR) is 69.4 cm³/mol. The number of nitrogens with one attached hydrogen (secondary N) is 1. The number of anilines is 1. The number of aliphatic carboxylic acids is 1. The summed E-state index contributed by atoms with van der Waals surface area (Å²) < 4.78 is 39.4. The van der Waals surface area contributed by atoms with Gasteiger partial charge in [0.1, 0.15) is 6.54 Å². The van der Waals surface area contributed by atoms with Crippen molar-refractivity contribution in [3.8, 4) is 0 Å². The van der Waals surface area contributed by atoms with Crippen LogP contribution in [0, 0.1) is 17.5 Å². The maximum atomic E-state index is 13.5. The molecule has 1 aromatic rings. The molecule has 0 aliphatic rings. The van der Waals surface area contributed by atoms with Gasteiger partial charge in [-0.25, -0.2) is 18.0 Å². The first-order chi connectivity index (χ1) is 9.54. The summed E-state index contributed by atoms with van der Waals surface area (Å²) in [4.78, 5) is 23.7. The first-order valence-corrected chi connectivity index (χ1v) is 5.98. The number of hydrogen-bond acceptors (Lipinski definition) is 2. The van der Waals surface area contributed by atoms with Crippen LogP contribution < -0.4 is 5.32 Å². The van der Waals surface area contributed by atoms with Gasteiger partial charge >= 0.3 is 12.0 Å². The number of nitrogens with zero attached hydrogens (tertiary/aromatic N) is 1. The lowest BCUT2D eigenvalue weighted by atomic mass is 10.1. The molecule has 0 heterocycles. The Labute approximate surface area is 119 Å². The molecule has 21 heavy (non-hydrogen) atoms. The summed E-state index contributed by atoms with van der Waals surface area (Å²) in [7, 11) is 0. The third kappa shape index (κ3) is 4.11. The maximum absolute atomic E-state index is 13.5. The van der Waals surface area contributed by atoms with Gasteiger partial charge in [-0.15, -0.1) is 0 Å². The summed E-state index contributed by atoms with van der Waals surface area (Å²) in [5, 5.41) is 10.8. The van der Waals surface area contributed by atoms with Crippen LogP contribution in [0.25, 0.3) is 0 Å². The van der Waals surface area contributed by atoms with E-state index in [1.165, 1.54) is 0 Å². The van der Waals surface area contributed by atoms with Crippen LogP contribution in [-0.2, 0) is 4.79 Å². The minimum atomic E-state index is -1.71. The molecule has 0 aliphatic heterocycles. The molecule has 0 radical (unpaired) electrons. The SMILES string of the molecule is CC(C)(C)N(CC(=O)O)C(=O)Nc1ccc(F)c(F)c1F. The Balaban J connectivity index is 3.02. The van der Waals surface area contributed by atoms with Crippen LogP contribution in [-0.4, -0.2) is 34.1 Å². The molecule has 8 heteroatoms. The van der Waals surface area contributed by atoms with E-state index in [0.29, 0.717) is 6.07 Å². The Hall–Kier alpha value is -2.25. The first kappa shape index (κ1) is 16.8. The van der Waals surface area contributed by atoms with Crippen molar-refractivity contribution < 1.29 is 27.9 Å². The van der Waals surface area contributed by atoms with Crippen LogP contribution in [0.15, 0.2) is 12.1 Å². The molecule has 0 saturated heterocycles. The van der Waals surface area contributed by atoms with Crippen molar-refractivity contribution in [2.24, 2.45) is 0 Å². The van der Waals surface area contributed by atoms with Crippen LogP contribution in [0.2, 0.25) is 0 Å². The maximum Gasteiger partial charge on any atom is 0.323 e. The third-order valence-corrected chi connectivity index (χ3v) is 2.63. The van der Waals surface area contributed by atoms with Gasteiger partial charge in [0.25, 0.3) is 0 Å². The Kier molecular flexibility index (Phi) is 4.82. The topological polar surface area (TPSA) is 69.6 Å². The Morgan fingerprint density at radius 3 is 2.24 bits per heavy atom. The van der Waals surface area contributed by atoms with Crippen molar-refractivity contribution in [1.82, 2.24) is 4.90 Å². The highest BCUT2D eigenvalue weighted by Crippen LogP contribution is 2.21. The fourth-order valence-corrected chi connectivity index (χ4v) is 1.55. The number of urea groups is 1. The first-order valence-electron chi connectivity index (χ1n) is 5.98. The van der Waals surface area contributed by atoms with E-state index in [2.05, 4.69) is 0 Å². The summed E-state index contributed by atoms with van der Waals surface area (Å²) >= 11 is 0. The molecule has 0 unspecified atom stereocenters. The Morgan fingerprint density at radius 1 is 1.19 bits per heavy atom. The van der Waals surface area contributed by atoms with E-state index >= 15 is 0 Å². The highest BCUT2D eigenvalue weighted by Gasteiger charge is 2.29. The largest absolute Gasteiger partial charge is 0.480 e. The van der Waals surface area contributed by atoms with Gasteiger partial charge in [-0.3, -0.25) is 4.79 Å². The zero-order valence-corrected chi connectivity index (χ0v) is 11.7. The number of carbonyl (C=O) groups is 2.